The van der Waals surface area contributed by atoms with Gasteiger partial charge in [-0.1, -0.05) is 45.7 Å². The van der Waals surface area contributed by atoms with Crippen molar-refractivity contribution in [1.82, 2.24) is 5.32 Å². The fraction of sp³-hybridized carbons (Fsp3) is 0.667. The second-order valence-electron chi connectivity index (χ2n) is 5.82. The summed E-state index contributed by atoms with van der Waals surface area (Å²) in [4.78, 5) is 0. The zero-order valence-corrected chi connectivity index (χ0v) is 13.2. The summed E-state index contributed by atoms with van der Waals surface area (Å²) in [6.45, 7) is 8.75. The molecule has 0 saturated carbocycles. The van der Waals surface area contributed by atoms with Crippen LogP contribution in [0, 0.1) is 5.92 Å². The lowest BCUT2D eigenvalue weighted by Gasteiger charge is -2.26. The third kappa shape index (κ3) is 3.76. The maximum atomic E-state index is 5.58. The van der Waals surface area contributed by atoms with Crippen molar-refractivity contribution in [2.45, 2.75) is 58.9 Å². The summed E-state index contributed by atoms with van der Waals surface area (Å²) in [6.07, 6.45) is 6.02. The van der Waals surface area contributed by atoms with E-state index < -0.39 is 0 Å². The Balaban J connectivity index is 1.94. The van der Waals surface area contributed by atoms with Gasteiger partial charge >= 0.3 is 0 Å². The number of rotatable bonds is 8. The highest BCUT2D eigenvalue weighted by Crippen LogP contribution is 2.27. The molecule has 112 valence electrons. The molecule has 0 aliphatic carbocycles. The van der Waals surface area contributed by atoms with E-state index in [-0.39, 0.29) is 0 Å². The zero-order valence-electron chi connectivity index (χ0n) is 13.2. The second kappa shape index (κ2) is 7.68. The first kappa shape index (κ1) is 15.4. The van der Waals surface area contributed by atoms with E-state index in [0.29, 0.717) is 6.04 Å². The van der Waals surface area contributed by atoms with E-state index in [0.717, 1.165) is 31.2 Å². The minimum atomic E-state index is 0.652. The standard InChI is InChI=1S/C18H29NO/c1-4-15(5-2)17(19-6-3)9-7-14-8-10-18-16(13-14)11-12-20-18/h8,10,13,15,17,19H,4-7,9,11-12H2,1-3H3. The summed E-state index contributed by atoms with van der Waals surface area (Å²) in [5.74, 6) is 1.89. The number of nitrogens with one attached hydrogen (secondary N) is 1. The smallest absolute Gasteiger partial charge is 0.122 e. The van der Waals surface area contributed by atoms with Crippen molar-refractivity contribution in [1.29, 1.82) is 0 Å². The van der Waals surface area contributed by atoms with Gasteiger partial charge in [0.05, 0.1) is 6.61 Å². The molecule has 2 rings (SSSR count). The molecule has 20 heavy (non-hydrogen) atoms. The summed E-state index contributed by atoms with van der Waals surface area (Å²) >= 11 is 0. The Kier molecular flexibility index (Phi) is 5.90. The van der Waals surface area contributed by atoms with Gasteiger partial charge in [0, 0.05) is 12.5 Å². The van der Waals surface area contributed by atoms with E-state index in [9.17, 15) is 0 Å². The topological polar surface area (TPSA) is 21.3 Å². The van der Waals surface area contributed by atoms with Crippen molar-refractivity contribution in [3.63, 3.8) is 0 Å². The average molecular weight is 275 g/mol. The molecule has 0 fully saturated rings. The van der Waals surface area contributed by atoms with Crippen LogP contribution >= 0.6 is 0 Å². The molecule has 1 N–H and O–H groups in total. The Morgan fingerprint density at radius 2 is 2.00 bits per heavy atom. The predicted octanol–water partition coefficient (Wildman–Crippen LogP) is 3.97. The van der Waals surface area contributed by atoms with Crippen molar-refractivity contribution in [2.24, 2.45) is 5.92 Å². The third-order valence-electron chi connectivity index (χ3n) is 4.58. The number of fused-ring (bicyclic) bond motifs is 1. The van der Waals surface area contributed by atoms with Crippen LogP contribution in [0.15, 0.2) is 18.2 Å². The van der Waals surface area contributed by atoms with Crippen LogP contribution in [0.1, 0.15) is 51.2 Å². The van der Waals surface area contributed by atoms with Crippen LogP contribution in [0.3, 0.4) is 0 Å². The van der Waals surface area contributed by atoms with Gasteiger partial charge in [-0.05, 0) is 42.5 Å². The Morgan fingerprint density at radius 1 is 1.20 bits per heavy atom. The molecule has 0 bridgehead atoms. The first-order valence-corrected chi connectivity index (χ1v) is 8.26. The van der Waals surface area contributed by atoms with Crippen LogP contribution in [0.25, 0.3) is 0 Å². The number of hydrogen-bond donors (Lipinski definition) is 1. The van der Waals surface area contributed by atoms with E-state index in [2.05, 4.69) is 44.3 Å². The van der Waals surface area contributed by atoms with Crippen LogP contribution in [0.4, 0.5) is 0 Å². The maximum Gasteiger partial charge on any atom is 0.122 e. The molecule has 2 heteroatoms. The number of hydrogen-bond acceptors (Lipinski definition) is 2. The van der Waals surface area contributed by atoms with Gasteiger partial charge in [-0.15, -0.1) is 0 Å². The van der Waals surface area contributed by atoms with Crippen LogP contribution in [-0.4, -0.2) is 19.2 Å². The largest absolute Gasteiger partial charge is 0.493 e. The molecule has 0 aromatic heterocycles. The lowest BCUT2D eigenvalue weighted by atomic mass is 9.89. The summed E-state index contributed by atoms with van der Waals surface area (Å²) in [6, 6.07) is 7.38. The number of benzene rings is 1. The van der Waals surface area contributed by atoms with Gasteiger partial charge in [0.15, 0.2) is 0 Å². The Hall–Kier alpha value is -1.02. The highest BCUT2D eigenvalue weighted by molar-refractivity contribution is 5.39. The molecule has 0 saturated heterocycles. The van der Waals surface area contributed by atoms with Crippen molar-refractivity contribution >= 4 is 0 Å². The Bertz CT molecular complexity index is 412. The fourth-order valence-corrected chi connectivity index (χ4v) is 3.34. The minimum absolute atomic E-state index is 0.652. The van der Waals surface area contributed by atoms with Crippen molar-refractivity contribution < 1.29 is 4.74 Å². The van der Waals surface area contributed by atoms with E-state index in [1.165, 1.54) is 36.8 Å². The Labute approximate surface area is 123 Å². The molecule has 1 unspecified atom stereocenters. The predicted molar refractivity (Wildman–Crippen MR) is 85.5 cm³/mol. The molecule has 1 heterocycles. The SMILES string of the molecule is CCNC(CCc1ccc2c(c1)CCO2)C(CC)CC. The van der Waals surface area contributed by atoms with Gasteiger partial charge < -0.3 is 10.1 Å². The molecule has 1 atom stereocenters. The molecule has 0 radical (unpaired) electrons. The summed E-state index contributed by atoms with van der Waals surface area (Å²) in [5.41, 5.74) is 2.85. The minimum Gasteiger partial charge on any atom is -0.493 e. The van der Waals surface area contributed by atoms with Crippen LogP contribution < -0.4 is 10.1 Å². The van der Waals surface area contributed by atoms with Gasteiger partial charge in [-0.25, -0.2) is 0 Å². The zero-order chi connectivity index (χ0) is 14.4. The van der Waals surface area contributed by atoms with Crippen molar-refractivity contribution in [3.8, 4) is 5.75 Å². The quantitative estimate of drug-likeness (QED) is 0.775. The monoisotopic (exact) mass is 275 g/mol. The number of aryl methyl sites for hydroxylation is 1. The van der Waals surface area contributed by atoms with Crippen molar-refractivity contribution in [3.05, 3.63) is 29.3 Å². The van der Waals surface area contributed by atoms with Gasteiger partial charge in [0.25, 0.3) is 0 Å². The molecule has 0 amide bonds. The van der Waals surface area contributed by atoms with Gasteiger partial charge in [-0.2, -0.15) is 0 Å². The third-order valence-corrected chi connectivity index (χ3v) is 4.58. The molecule has 1 aromatic carbocycles. The van der Waals surface area contributed by atoms with Crippen molar-refractivity contribution in [2.75, 3.05) is 13.2 Å². The Morgan fingerprint density at radius 3 is 2.70 bits per heavy atom. The maximum absolute atomic E-state index is 5.58. The van der Waals surface area contributed by atoms with Gasteiger partial charge in [-0.3, -0.25) is 0 Å². The first-order valence-electron chi connectivity index (χ1n) is 8.26. The van der Waals surface area contributed by atoms with Crippen LogP contribution in [0.2, 0.25) is 0 Å². The highest BCUT2D eigenvalue weighted by Gasteiger charge is 2.18. The summed E-state index contributed by atoms with van der Waals surface area (Å²) in [7, 11) is 0. The molecule has 2 nitrogen and oxygen atoms in total. The first-order chi connectivity index (χ1) is 9.78. The van der Waals surface area contributed by atoms with Gasteiger partial charge in [0.2, 0.25) is 0 Å². The van der Waals surface area contributed by atoms with Gasteiger partial charge in [0.1, 0.15) is 5.75 Å². The van der Waals surface area contributed by atoms with E-state index >= 15 is 0 Å². The van der Waals surface area contributed by atoms with E-state index in [4.69, 9.17) is 4.74 Å². The highest BCUT2D eigenvalue weighted by atomic mass is 16.5. The second-order valence-corrected chi connectivity index (χ2v) is 5.82. The van der Waals surface area contributed by atoms with E-state index in [1.807, 2.05) is 0 Å². The average Bonchev–Trinajstić information content (AvgIpc) is 2.93. The summed E-state index contributed by atoms with van der Waals surface area (Å²) < 4.78 is 5.58. The molecule has 1 aliphatic heterocycles. The van der Waals surface area contributed by atoms with Crippen LogP contribution in [-0.2, 0) is 12.8 Å². The normalized spacial score (nSPS) is 15.2. The molecular formula is C18H29NO. The lowest BCUT2D eigenvalue weighted by molar-refractivity contribution is 0.322. The van der Waals surface area contributed by atoms with E-state index in [1.54, 1.807) is 0 Å². The molecule has 0 spiro atoms. The van der Waals surface area contributed by atoms with Crippen LogP contribution in [0.5, 0.6) is 5.75 Å². The molecule has 1 aliphatic rings. The fourth-order valence-electron chi connectivity index (χ4n) is 3.34. The number of ether oxygens (including phenoxy) is 1. The lowest BCUT2D eigenvalue weighted by Crippen LogP contribution is -2.36. The molecule has 1 aromatic rings. The molecular weight excluding hydrogens is 246 g/mol. The summed E-state index contributed by atoms with van der Waals surface area (Å²) in [5, 5.41) is 3.68.